The van der Waals surface area contributed by atoms with E-state index >= 15 is 0 Å². The number of amides is 2. The third kappa shape index (κ3) is 3.47. The van der Waals surface area contributed by atoms with Gasteiger partial charge in [-0.05, 0) is 34.1 Å². The summed E-state index contributed by atoms with van der Waals surface area (Å²) in [5.41, 5.74) is 1.56. The first kappa shape index (κ1) is 21.2. The van der Waals surface area contributed by atoms with Crippen LogP contribution in [0.1, 0.15) is 33.0 Å². The zero-order chi connectivity index (χ0) is 23.3. The normalized spacial score (nSPS) is 21.7. The van der Waals surface area contributed by atoms with Crippen molar-refractivity contribution in [1.82, 2.24) is 39.7 Å². The highest BCUT2D eigenvalue weighted by Gasteiger charge is 2.53. The Morgan fingerprint density at radius 1 is 1.24 bits per heavy atom. The third-order valence-corrected chi connectivity index (χ3v) is 6.56. The number of aryl methyl sites for hydroxylation is 2. The van der Waals surface area contributed by atoms with Crippen LogP contribution in [0.15, 0.2) is 18.7 Å². The van der Waals surface area contributed by atoms with Gasteiger partial charge in [0.1, 0.15) is 24.0 Å². The Morgan fingerprint density at radius 3 is 2.67 bits per heavy atom. The van der Waals surface area contributed by atoms with Crippen LogP contribution in [-0.2, 0) is 16.1 Å². The molecule has 0 aliphatic carbocycles. The van der Waals surface area contributed by atoms with Gasteiger partial charge in [0.2, 0.25) is 11.8 Å². The Hall–Kier alpha value is -3.63. The number of hydrogen-bond acceptors (Lipinski definition) is 8. The first-order chi connectivity index (χ1) is 15.8. The lowest BCUT2D eigenvalue weighted by Gasteiger charge is -2.43. The molecule has 2 saturated heterocycles. The molecule has 0 bridgehead atoms. The minimum absolute atomic E-state index is 0.0314. The Labute approximate surface area is 191 Å². The molecule has 172 valence electrons. The summed E-state index contributed by atoms with van der Waals surface area (Å²) in [6, 6.07) is -0.432. The molecule has 3 aromatic heterocycles. The molecule has 2 aliphatic rings. The second-order valence-corrected chi connectivity index (χ2v) is 9.14. The van der Waals surface area contributed by atoms with E-state index in [0.29, 0.717) is 36.8 Å². The fourth-order valence-electron chi connectivity index (χ4n) is 4.45. The predicted octanol–water partition coefficient (Wildman–Crippen LogP) is 1.15. The number of β-lactam (4-membered cyclic amide) rings is 1. The summed E-state index contributed by atoms with van der Waals surface area (Å²) >= 11 is 0. The molecule has 2 N–H and O–H groups in total. The largest absolute Gasteiger partial charge is 0.364 e. The standard InChI is InChI=1S/C22H27N9O2/c1-5-31-18(13-8-23-12(2)24-9-13)28-15-17(25-11-26-19(15)31)27-14-6-7-30(10-14)20(32)16-22(3,4)21(33)29-16/h8-9,11,14,16H,5-7,10H2,1-4H3,(H,29,33)(H,25,26,27)/t14-,16+/m0/s1. The van der Waals surface area contributed by atoms with Gasteiger partial charge in [0.15, 0.2) is 17.0 Å². The lowest BCUT2D eigenvalue weighted by atomic mass is 9.75. The summed E-state index contributed by atoms with van der Waals surface area (Å²) in [5, 5.41) is 6.20. The molecule has 11 heteroatoms. The van der Waals surface area contributed by atoms with Gasteiger partial charge in [-0.2, -0.15) is 0 Å². The van der Waals surface area contributed by atoms with Crippen molar-refractivity contribution in [3.8, 4) is 11.4 Å². The maximum Gasteiger partial charge on any atom is 0.246 e. The monoisotopic (exact) mass is 449 g/mol. The van der Waals surface area contributed by atoms with E-state index in [9.17, 15) is 9.59 Å². The molecular weight excluding hydrogens is 422 g/mol. The van der Waals surface area contributed by atoms with Gasteiger partial charge >= 0.3 is 0 Å². The van der Waals surface area contributed by atoms with E-state index in [-0.39, 0.29) is 17.9 Å². The van der Waals surface area contributed by atoms with Crippen molar-refractivity contribution >= 4 is 28.8 Å². The lowest BCUT2D eigenvalue weighted by Crippen LogP contribution is -2.69. The van der Waals surface area contributed by atoms with Gasteiger partial charge in [-0.15, -0.1) is 0 Å². The van der Waals surface area contributed by atoms with Crippen molar-refractivity contribution < 1.29 is 9.59 Å². The predicted molar refractivity (Wildman–Crippen MR) is 121 cm³/mol. The highest BCUT2D eigenvalue weighted by Crippen LogP contribution is 2.32. The first-order valence-corrected chi connectivity index (χ1v) is 11.2. The number of nitrogens with zero attached hydrogens (tertiary/aromatic N) is 7. The zero-order valence-corrected chi connectivity index (χ0v) is 19.2. The number of rotatable bonds is 5. The van der Waals surface area contributed by atoms with Crippen molar-refractivity contribution in [2.24, 2.45) is 5.41 Å². The van der Waals surface area contributed by atoms with E-state index < -0.39 is 11.5 Å². The summed E-state index contributed by atoms with van der Waals surface area (Å²) in [6.07, 6.45) is 5.83. The van der Waals surface area contributed by atoms with Crippen LogP contribution in [0.5, 0.6) is 0 Å². The number of likely N-dealkylation sites (tertiary alicyclic amines) is 1. The number of aromatic nitrogens is 6. The molecule has 0 saturated carbocycles. The SMILES string of the molecule is CCn1c(-c2cnc(C)nc2)nc2c(N[C@H]3CCN(C(=O)[C@H]4NC(=O)C4(C)C)C3)ncnc21. The second kappa shape index (κ2) is 7.75. The van der Waals surface area contributed by atoms with E-state index in [1.54, 1.807) is 26.2 Å². The molecule has 3 aromatic rings. The second-order valence-electron chi connectivity index (χ2n) is 9.14. The number of imidazole rings is 1. The molecular formula is C22H27N9O2. The highest BCUT2D eigenvalue weighted by molar-refractivity contribution is 6.01. The zero-order valence-electron chi connectivity index (χ0n) is 19.2. The number of fused-ring (bicyclic) bond motifs is 1. The number of nitrogens with one attached hydrogen (secondary N) is 2. The quantitative estimate of drug-likeness (QED) is 0.555. The molecule has 0 radical (unpaired) electrons. The lowest BCUT2D eigenvalue weighted by molar-refractivity contribution is -0.155. The Morgan fingerprint density at radius 2 is 2.00 bits per heavy atom. The van der Waals surface area contributed by atoms with Crippen LogP contribution in [0, 0.1) is 12.3 Å². The Balaban J connectivity index is 1.37. The maximum absolute atomic E-state index is 12.9. The Kier molecular flexibility index (Phi) is 4.98. The van der Waals surface area contributed by atoms with Gasteiger partial charge in [-0.1, -0.05) is 0 Å². The molecule has 2 fully saturated rings. The van der Waals surface area contributed by atoms with Gasteiger partial charge in [-0.25, -0.2) is 24.9 Å². The van der Waals surface area contributed by atoms with Crippen LogP contribution in [-0.4, -0.2) is 71.4 Å². The van der Waals surface area contributed by atoms with E-state index in [2.05, 4.69) is 30.6 Å². The van der Waals surface area contributed by atoms with E-state index in [1.807, 2.05) is 23.3 Å². The third-order valence-electron chi connectivity index (χ3n) is 6.56. The average molecular weight is 450 g/mol. The van der Waals surface area contributed by atoms with Crippen molar-refractivity contribution in [2.75, 3.05) is 18.4 Å². The van der Waals surface area contributed by atoms with E-state index in [1.165, 1.54) is 6.33 Å². The Bertz CT molecular complexity index is 1230. The van der Waals surface area contributed by atoms with Gasteiger partial charge in [0.05, 0.1) is 11.0 Å². The number of anilines is 1. The van der Waals surface area contributed by atoms with Crippen LogP contribution >= 0.6 is 0 Å². The highest BCUT2D eigenvalue weighted by atomic mass is 16.2. The van der Waals surface area contributed by atoms with Crippen molar-refractivity contribution in [3.05, 3.63) is 24.5 Å². The molecule has 0 aromatic carbocycles. The summed E-state index contributed by atoms with van der Waals surface area (Å²) in [7, 11) is 0. The average Bonchev–Trinajstić information content (AvgIpc) is 3.42. The molecule has 11 nitrogen and oxygen atoms in total. The number of carbonyl (C=O) groups excluding carboxylic acids is 2. The molecule has 0 unspecified atom stereocenters. The topological polar surface area (TPSA) is 131 Å². The fraction of sp³-hybridized carbons (Fsp3) is 0.500. The number of hydrogen-bond donors (Lipinski definition) is 2. The maximum atomic E-state index is 12.9. The smallest absolute Gasteiger partial charge is 0.246 e. The molecule has 5 rings (SSSR count). The fourth-order valence-corrected chi connectivity index (χ4v) is 4.45. The molecule has 2 atom stereocenters. The molecule has 2 amide bonds. The molecule has 0 spiro atoms. The summed E-state index contributed by atoms with van der Waals surface area (Å²) in [5.74, 6) is 1.96. The summed E-state index contributed by atoms with van der Waals surface area (Å²) in [6.45, 7) is 9.34. The summed E-state index contributed by atoms with van der Waals surface area (Å²) < 4.78 is 2.02. The van der Waals surface area contributed by atoms with Crippen LogP contribution < -0.4 is 10.6 Å². The van der Waals surface area contributed by atoms with Crippen LogP contribution in [0.25, 0.3) is 22.6 Å². The van der Waals surface area contributed by atoms with E-state index in [0.717, 1.165) is 23.5 Å². The molecule has 33 heavy (non-hydrogen) atoms. The minimum atomic E-state index is -0.662. The van der Waals surface area contributed by atoms with Crippen molar-refractivity contribution in [2.45, 2.75) is 52.7 Å². The number of carbonyl (C=O) groups is 2. The minimum Gasteiger partial charge on any atom is -0.364 e. The van der Waals surface area contributed by atoms with Crippen LogP contribution in [0.3, 0.4) is 0 Å². The van der Waals surface area contributed by atoms with Gasteiger partial charge in [0.25, 0.3) is 0 Å². The van der Waals surface area contributed by atoms with Gasteiger partial charge in [0, 0.05) is 38.1 Å². The van der Waals surface area contributed by atoms with Crippen molar-refractivity contribution in [3.63, 3.8) is 0 Å². The van der Waals surface area contributed by atoms with Crippen LogP contribution in [0.4, 0.5) is 5.82 Å². The van der Waals surface area contributed by atoms with Gasteiger partial charge < -0.3 is 20.1 Å². The van der Waals surface area contributed by atoms with Gasteiger partial charge in [-0.3, -0.25) is 9.59 Å². The first-order valence-electron chi connectivity index (χ1n) is 11.2. The van der Waals surface area contributed by atoms with Crippen LogP contribution in [0.2, 0.25) is 0 Å². The van der Waals surface area contributed by atoms with E-state index in [4.69, 9.17) is 4.98 Å². The molecule has 5 heterocycles. The summed E-state index contributed by atoms with van der Waals surface area (Å²) in [4.78, 5) is 48.8. The molecule has 2 aliphatic heterocycles. The van der Waals surface area contributed by atoms with Crippen molar-refractivity contribution in [1.29, 1.82) is 0 Å².